The molecule has 0 unspecified atom stereocenters. The van der Waals surface area contributed by atoms with Crippen molar-refractivity contribution in [2.75, 3.05) is 0 Å². The van der Waals surface area contributed by atoms with Gasteiger partial charge in [-0.1, -0.05) is 6.42 Å². The van der Waals surface area contributed by atoms with Gasteiger partial charge in [0.05, 0.1) is 12.1 Å². The van der Waals surface area contributed by atoms with Gasteiger partial charge in [-0.25, -0.2) is 4.98 Å². The average molecular weight is 310 g/mol. The van der Waals surface area contributed by atoms with Gasteiger partial charge in [0, 0.05) is 31.6 Å². The topological polar surface area (TPSA) is 77.1 Å². The van der Waals surface area contributed by atoms with Crippen molar-refractivity contribution in [2.24, 2.45) is 0 Å². The molecule has 1 aliphatic heterocycles. The van der Waals surface area contributed by atoms with E-state index in [0.29, 0.717) is 12.1 Å². The van der Waals surface area contributed by atoms with Crippen LogP contribution in [0.1, 0.15) is 41.3 Å². The molecule has 0 bridgehead atoms. The van der Waals surface area contributed by atoms with E-state index >= 15 is 0 Å². The molecule has 0 spiro atoms. The highest BCUT2D eigenvalue weighted by Crippen LogP contribution is 2.14. The second-order valence-electron chi connectivity index (χ2n) is 5.79. The maximum atomic E-state index is 12.3. The smallest absolute Gasteiger partial charge is 0.253 e. The third kappa shape index (κ3) is 2.69. The lowest BCUT2D eigenvalue weighted by Gasteiger charge is -2.08. The van der Waals surface area contributed by atoms with Crippen LogP contribution in [0.4, 0.5) is 0 Å². The molecular weight excluding hydrogens is 292 g/mol. The minimum absolute atomic E-state index is 0.119. The molecule has 0 saturated carbocycles. The van der Waals surface area contributed by atoms with E-state index in [-0.39, 0.29) is 5.91 Å². The molecule has 0 atom stereocenters. The van der Waals surface area contributed by atoms with Crippen LogP contribution in [0.3, 0.4) is 0 Å². The Morgan fingerprint density at radius 1 is 1.22 bits per heavy atom. The Balaban J connectivity index is 1.48. The van der Waals surface area contributed by atoms with E-state index in [4.69, 9.17) is 0 Å². The number of fused-ring (bicyclic) bond motifs is 2. The van der Waals surface area contributed by atoms with Gasteiger partial charge in [0.15, 0.2) is 5.82 Å². The molecule has 4 heterocycles. The fourth-order valence-electron chi connectivity index (χ4n) is 2.99. The van der Waals surface area contributed by atoms with Gasteiger partial charge in [-0.2, -0.15) is 0 Å². The molecule has 0 saturated heterocycles. The molecule has 1 amide bonds. The molecule has 3 aromatic heterocycles. The van der Waals surface area contributed by atoms with E-state index in [0.717, 1.165) is 43.1 Å². The van der Waals surface area contributed by atoms with Gasteiger partial charge in [-0.3, -0.25) is 4.79 Å². The van der Waals surface area contributed by atoms with Gasteiger partial charge in [0.1, 0.15) is 11.5 Å². The highest BCUT2D eigenvalue weighted by molar-refractivity contribution is 5.94. The molecule has 4 rings (SSSR count). The van der Waals surface area contributed by atoms with E-state index in [1.54, 1.807) is 18.5 Å². The lowest BCUT2D eigenvalue weighted by atomic mass is 10.2. The van der Waals surface area contributed by atoms with Crippen molar-refractivity contribution in [1.82, 2.24) is 29.5 Å². The number of aromatic nitrogens is 5. The molecule has 0 fully saturated rings. The van der Waals surface area contributed by atoms with Crippen molar-refractivity contribution in [3.05, 3.63) is 47.9 Å². The number of nitrogens with zero attached hydrogens (tertiary/aromatic N) is 5. The van der Waals surface area contributed by atoms with Crippen LogP contribution in [0.5, 0.6) is 0 Å². The van der Waals surface area contributed by atoms with E-state index in [9.17, 15) is 4.79 Å². The van der Waals surface area contributed by atoms with E-state index in [1.807, 2.05) is 16.7 Å². The van der Waals surface area contributed by atoms with Gasteiger partial charge < -0.3 is 14.3 Å². The second-order valence-corrected chi connectivity index (χ2v) is 5.79. The lowest BCUT2D eigenvalue weighted by molar-refractivity contribution is 0.0949. The minimum atomic E-state index is -0.119. The average Bonchev–Trinajstić information content (AvgIpc) is 3.12. The van der Waals surface area contributed by atoms with E-state index in [2.05, 4.69) is 25.1 Å². The van der Waals surface area contributed by atoms with Crippen LogP contribution in [0.2, 0.25) is 0 Å². The number of nitrogens with one attached hydrogen (secondary N) is 1. The van der Waals surface area contributed by atoms with Crippen molar-refractivity contribution < 1.29 is 4.79 Å². The molecule has 3 aromatic rings. The highest BCUT2D eigenvalue weighted by atomic mass is 16.1. The number of imidazole rings is 1. The quantitative estimate of drug-likeness (QED) is 0.797. The standard InChI is InChI=1S/C16H18N6O/c23-16(12-5-6-13-17-7-9-21(13)11-12)18-10-15-20-19-14-4-2-1-3-8-22(14)15/h5-7,9,11H,1-4,8,10H2,(H,18,23). The number of hydrogen-bond acceptors (Lipinski definition) is 4. The summed E-state index contributed by atoms with van der Waals surface area (Å²) in [5.74, 6) is 1.75. The van der Waals surface area contributed by atoms with Crippen LogP contribution in [0, 0.1) is 0 Å². The van der Waals surface area contributed by atoms with Crippen LogP contribution in [0.15, 0.2) is 30.7 Å². The number of amides is 1. The third-order valence-electron chi connectivity index (χ3n) is 4.24. The zero-order valence-electron chi connectivity index (χ0n) is 12.8. The largest absolute Gasteiger partial charge is 0.345 e. The molecule has 0 aromatic carbocycles. The fraction of sp³-hybridized carbons (Fsp3) is 0.375. The zero-order chi connectivity index (χ0) is 15.6. The second kappa shape index (κ2) is 5.83. The minimum Gasteiger partial charge on any atom is -0.345 e. The normalized spacial score (nSPS) is 14.4. The monoisotopic (exact) mass is 310 g/mol. The summed E-state index contributed by atoms with van der Waals surface area (Å²) in [6, 6.07) is 3.61. The number of carbonyl (C=O) groups is 1. The highest BCUT2D eigenvalue weighted by Gasteiger charge is 2.15. The first-order valence-corrected chi connectivity index (χ1v) is 7.93. The molecular formula is C16H18N6O. The number of hydrogen-bond donors (Lipinski definition) is 1. The molecule has 0 aliphatic carbocycles. The molecule has 23 heavy (non-hydrogen) atoms. The predicted molar refractivity (Wildman–Crippen MR) is 83.9 cm³/mol. The molecule has 7 nitrogen and oxygen atoms in total. The Morgan fingerprint density at radius 2 is 2.17 bits per heavy atom. The van der Waals surface area contributed by atoms with E-state index in [1.165, 1.54) is 6.42 Å². The van der Waals surface area contributed by atoms with Gasteiger partial charge in [-0.15, -0.1) is 10.2 Å². The van der Waals surface area contributed by atoms with Crippen molar-refractivity contribution in [2.45, 2.75) is 38.8 Å². The molecule has 1 aliphatic rings. The fourth-order valence-corrected chi connectivity index (χ4v) is 2.99. The van der Waals surface area contributed by atoms with Crippen LogP contribution < -0.4 is 5.32 Å². The van der Waals surface area contributed by atoms with Crippen LogP contribution in [-0.4, -0.2) is 30.1 Å². The summed E-state index contributed by atoms with van der Waals surface area (Å²) < 4.78 is 3.98. The summed E-state index contributed by atoms with van der Waals surface area (Å²) >= 11 is 0. The Hall–Kier alpha value is -2.70. The molecule has 1 N–H and O–H groups in total. The summed E-state index contributed by atoms with van der Waals surface area (Å²) in [4.78, 5) is 16.5. The predicted octanol–water partition coefficient (Wildman–Crippen LogP) is 1.58. The zero-order valence-corrected chi connectivity index (χ0v) is 12.8. The Labute approximate surface area is 133 Å². The summed E-state index contributed by atoms with van der Waals surface area (Å²) in [6.45, 7) is 1.34. The van der Waals surface area contributed by atoms with Gasteiger partial charge in [-0.05, 0) is 25.0 Å². The van der Waals surface area contributed by atoms with Gasteiger partial charge >= 0.3 is 0 Å². The summed E-state index contributed by atoms with van der Waals surface area (Å²) in [7, 11) is 0. The lowest BCUT2D eigenvalue weighted by Crippen LogP contribution is -2.25. The first-order chi connectivity index (χ1) is 11.3. The number of carbonyl (C=O) groups excluding carboxylic acids is 1. The Bertz CT molecular complexity index is 849. The first-order valence-electron chi connectivity index (χ1n) is 7.93. The maximum Gasteiger partial charge on any atom is 0.253 e. The Kier molecular flexibility index (Phi) is 3.53. The van der Waals surface area contributed by atoms with Gasteiger partial charge in [0.2, 0.25) is 0 Å². The number of rotatable bonds is 3. The van der Waals surface area contributed by atoms with Crippen LogP contribution >= 0.6 is 0 Å². The molecule has 7 heteroatoms. The van der Waals surface area contributed by atoms with E-state index < -0.39 is 0 Å². The van der Waals surface area contributed by atoms with Crippen molar-refractivity contribution >= 4 is 11.6 Å². The third-order valence-corrected chi connectivity index (χ3v) is 4.24. The SMILES string of the molecule is O=C(NCc1nnc2n1CCCCC2)c1ccc2nccn2c1. The number of aryl methyl sites for hydroxylation is 1. The van der Waals surface area contributed by atoms with Crippen LogP contribution in [0.25, 0.3) is 5.65 Å². The van der Waals surface area contributed by atoms with Crippen molar-refractivity contribution in [3.8, 4) is 0 Å². The molecule has 118 valence electrons. The summed E-state index contributed by atoms with van der Waals surface area (Å²) in [5, 5.41) is 11.4. The Morgan fingerprint density at radius 3 is 3.13 bits per heavy atom. The number of pyridine rings is 1. The maximum absolute atomic E-state index is 12.3. The summed E-state index contributed by atoms with van der Waals surface area (Å²) in [5.41, 5.74) is 1.43. The first kappa shape index (κ1) is 13.9. The van der Waals surface area contributed by atoms with Gasteiger partial charge in [0.25, 0.3) is 5.91 Å². The summed E-state index contributed by atoms with van der Waals surface area (Å²) in [6.07, 6.45) is 9.81. The van der Waals surface area contributed by atoms with Crippen molar-refractivity contribution in [3.63, 3.8) is 0 Å². The molecule has 0 radical (unpaired) electrons. The van der Waals surface area contributed by atoms with Crippen molar-refractivity contribution in [1.29, 1.82) is 0 Å². The van der Waals surface area contributed by atoms with Crippen LogP contribution in [-0.2, 0) is 19.5 Å².